The van der Waals surface area contributed by atoms with Crippen molar-refractivity contribution in [3.8, 4) is 28.7 Å². The Morgan fingerprint density at radius 1 is 0.514 bits per heavy atom. The molecule has 3 nitrogen and oxygen atoms in total. The molecule has 37 heavy (non-hydrogen) atoms. The van der Waals surface area contributed by atoms with Crippen LogP contribution in [-0.4, -0.2) is 5.11 Å². The highest BCUT2D eigenvalue weighted by atomic mass is 16.5. The van der Waals surface area contributed by atoms with Crippen LogP contribution < -0.4 is 9.47 Å². The van der Waals surface area contributed by atoms with Crippen LogP contribution >= 0.6 is 0 Å². The average Bonchev–Trinajstić information content (AvgIpc) is 2.91. The summed E-state index contributed by atoms with van der Waals surface area (Å²) >= 11 is 0. The van der Waals surface area contributed by atoms with Crippen molar-refractivity contribution in [2.45, 2.75) is 105 Å². The predicted octanol–water partition coefficient (Wildman–Crippen LogP) is 10.3. The molecule has 0 aliphatic heterocycles. The third-order valence-corrected chi connectivity index (χ3v) is 7.01. The van der Waals surface area contributed by atoms with Gasteiger partial charge in [-0.2, -0.15) is 0 Å². The van der Waals surface area contributed by atoms with Gasteiger partial charge in [0.1, 0.15) is 11.5 Å². The van der Waals surface area contributed by atoms with Gasteiger partial charge < -0.3 is 14.6 Å². The molecule has 0 atom stereocenters. The third kappa shape index (κ3) is 8.02. The summed E-state index contributed by atoms with van der Waals surface area (Å²) < 4.78 is 13.0. The second-order valence-electron chi connectivity index (χ2n) is 10.0. The van der Waals surface area contributed by atoms with Gasteiger partial charge in [0.25, 0.3) is 0 Å². The number of unbranched alkanes of at least 4 members (excludes halogenated alkanes) is 4. The fourth-order valence-corrected chi connectivity index (χ4v) is 4.81. The predicted molar refractivity (Wildman–Crippen MR) is 156 cm³/mol. The molecular formula is C34H46O3. The van der Waals surface area contributed by atoms with E-state index in [-0.39, 0.29) is 5.75 Å². The van der Waals surface area contributed by atoms with E-state index in [1.54, 1.807) is 6.07 Å². The van der Waals surface area contributed by atoms with Gasteiger partial charge in [-0.05, 0) is 97.9 Å². The number of phenolic OH excluding ortho intramolecular Hbond substituents is 1. The summed E-state index contributed by atoms with van der Waals surface area (Å²) in [6.07, 6.45) is 13.2. The van der Waals surface area contributed by atoms with Gasteiger partial charge in [-0.1, -0.05) is 83.7 Å². The van der Waals surface area contributed by atoms with Crippen molar-refractivity contribution < 1.29 is 14.6 Å². The molecule has 0 saturated heterocycles. The maximum atomic E-state index is 10.9. The average molecular weight is 503 g/mol. The van der Waals surface area contributed by atoms with Gasteiger partial charge in [-0.15, -0.1) is 0 Å². The molecule has 0 saturated carbocycles. The number of hydrogen-bond acceptors (Lipinski definition) is 3. The lowest BCUT2D eigenvalue weighted by atomic mass is 9.97. The molecule has 3 aromatic carbocycles. The maximum Gasteiger partial charge on any atom is 0.211 e. The minimum Gasteiger partial charge on any atom is -0.504 e. The number of aromatic hydroxyl groups is 1. The zero-order valence-electron chi connectivity index (χ0n) is 23.4. The first-order valence-electron chi connectivity index (χ1n) is 14.5. The van der Waals surface area contributed by atoms with Crippen LogP contribution in [0.25, 0.3) is 0 Å². The SMILES string of the molecule is CCCCc1cccc(Oc2cccc(O)c2Oc2cccc(CCCC)c2CCCC)c1CCCC. The van der Waals surface area contributed by atoms with Gasteiger partial charge in [0.05, 0.1) is 0 Å². The highest BCUT2D eigenvalue weighted by Crippen LogP contribution is 2.44. The zero-order valence-corrected chi connectivity index (χ0v) is 23.4. The number of phenols is 1. The second-order valence-corrected chi connectivity index (χ2v) is 10.0. The molecule has 0 unspecified atom stereocenters. The highest BCUT2D eigenvalue weighted by molar-refractivity contribution is 5.56. The van der Waals surface area contributed by atoms with E-state index < -0.39 is 0 Å². The van der Waals surface area contributed by atoms with Crippen LogP contribution in [0.5, 0.6) is 28.7 Å². The van der Waals surface area contributed by atoms with E-state index >= 15 is 0 Å². The number of aryl methyl sites for hydroxylation is 2. The molecule has 0 aliphatic rings. The van der Waals surface area contributed by atoms with Crippen LogP contribution in [0.1, 0.15) is 101 Å². The number of benzene rings is 3. The smallest absolute Gasteiger partial charge is 0.211 e. The minimum absolute atomic E-state index is 0.0927. The summed E-state index contributed by atoms with van der Waals surface area (Å²) in [6.45, 7) is 8.90. The Hall–Kier alpha value is -2.94. The van der Waals surface area contributed by atoms with Gasteiger partial charge >= 0.3 is 0 Å². The molecule has 0 aliphatic carbocycles. The van der Waals surface area contributed by atoms with E-state index in [0.717, 1.165) is 82.1 Å². The van der Waals surface area contributed by atoms with E-state index in [0.29, 0.717) is 11.5 Å². The Bertz CT molecular complexity index is 1100. The monoisotopic (exact) mass is 502 g/mol. The van der Waals surface area contributed by atoms with Crippen molar-refractivity contribution in [1.82, 2.24) is 0 Å². The minimum atomic E-state index is 0.0927. The van der Waals surface area contributed by atoms with E-state index in [1.807, 2.05) is 24.3 Å². The third-order valence-electron chi connectivity index (χ3n) is 7.01. The second kappa shape index (κ2) is 15.3. The fourth-order valence-electron chi connectivity index (χ4n) is 4.81. The van der Waals surface area contributed by atoms with Gasteiger partial charge in [0.15, 0.2) is 11.5 Å². The molecule has 0 amide bonds. The number of hydrogen-bond donors (Lipinski definition) is 1. The van der Waals surface area contributed by atoms with E-state index in [4.69, 9.17) is 9.47 Å². The molecule has 3 rings (SSSR count). The molecule has 0 spiro atoms. The van der Waals surface area contributed by atoms with Crippen LogP contribution in [0.4, 0.5) is 0 Å². The molecule has 3 aromatic rings. The summed E-state index contributed by atoms with van der Waals surface area (Å²) in [5.74, 6) is 2.70. The Balaban J connectivity index is 1.98. The van der Waals surface area contributed by atoms with Gasteiger partial charge in [-0.3, -0.25) is 0 Å². The normalized spacial score (nSPS) is 11.0. The summed E-state index contributed by atoms with van der Waals surface area (Å²) in [5.41, 5.74) is 5.23. The van der Waals surface area contributed by atoms with Gasteiger partial charge in [-0.25, -0.2) is 0 Å². The maximum absolute atomic E-state index is 10.9. The Morgan fingerprint density at radius 2 is 0.946 bits per heavy atom. The van der Waals surface area contributed by atoms with Crippen LogP contribution in [0, 0.1) is 0 Å². The van der Waals surface area contributed by atoms with Crippen LogP contribution in [-0.2, 0) is 25.7 Å². The van der Waals surface area contributed by atoms with Gasteiger partial charge in [0.2, 0.25) is 5.75 Å². The first kappa shape index (κ1) is 28.6. The van der Waals surface area contributed by atoms with Crippen molar-refractivity contribution in [2.24, 2.45) is 0 Å². The Morgan fingerprint density at radius 3 is 1.46 bits per heavy atom. The standard InChI is InChI=1S/C34H46O3/c1-5-9-16-26-18-13-23-31(28(26)20-11-7-3)36-33-25-15-22-30(35)34(33)37-32-24-14-19-27(17-10-6-2)29(32)21-12-8-4/h13-15,18-19,22-25,35H,5-12,16-17,20-21H2,1-4H3. The lowest BCUT2D eigenvalue weighted by molar-refractivity contribution is 0.377. The molecule has 0 radical (unpaired) electrons. The molecule has 3 heteroatoms. The largest absolute Gasteiger partial charge is 0.504 e. The molecule has 1 N–H and O–H groups in total. The van der Waals surface area contributed by atoms with Crippen LogP contribution in [0.3, 0.4) is 0 Å². The molecule has 0 fully saturated rings. The first-order valence-corrected chi connectivity index (χ1v) is 14.5. The molecular weight excluding hydrogens is 456 g/mol. The summed E-state index contributed by atoms with van der Waals surface area (Å²) in [4.78, 5) is 0. The lowest BCUT2D eigenvalue weighted by Gasteiger charge is -2.20. The quantitative estimate of drug-likeness (QED) is 0.212. The summed E-state index contributed by atoms with van der Waals surface area (Å²) in [5, 5.41) is 10.9. The highest BCUT2D eigenvalue weighted by Gasteiger charge is 2.18. The van der Waals surface area contributed by atoms with E-state index in [1.165, 1.54) is 28.7 Å². The number of rotatable bonds is 16. The molecule has 200 valence electrons. The van der Waals surface area contributed by atoms with Crippen molar-refractivity contribution in [3.63, 3.8) is 0 Å². The fraction of sp³-hybridized carbons (Fsp3) is 0.471. The Labute approximate surface area is 224 Å². The topological polar surface area (TPSA) is 38.7 Å². The molecule has 0 heterocycles. The lowest BCUT2D eigenvalue weighted by Crippen LogP contribution is -2.01. The van der Waals surface area contributed by atoms with Crippen molar-refractivity contribution in [2.75, 3.05) is 0 Å². The Kier molecular flexibility index (Phi) is 11.9. The van der Waals surface area contributed by atoms with Gasteiger partial charge in [0, 0.05) is 0 Å². The molecule has 0 aromatic heterocycles. The van der Waals surface area contributed by atoms with Crippen LogP contribution in [0.2, 0.25) is 0 Å². The first-order chi connectivity index (χ1) is 18.1. The van der Waals surface area contributed by atoms with E-state index in [2.05, 4.69) is 52.0 Å². The molecule has 0 bridgehead atoms. The number of para-hydroxylation sites is 1. The van der Waals surface area contributed by atoms with Crippen molar-refractivity contribution >= 4 is 0 Å². The van der Waals surface area contributed by atoms with Crippen molar-refractivity contribution in [1.29, 1.82) is 0 Å². The zero-order chi connectivity index (χ0) is 26.5. The summed E-state index contributed by atoms with van der Waals surface area (Å²) in [7, 11) is 0. The van der Waals surface area contributed by atoms with Crippen molar-refractivity contribution in [3.05, 3.63) is 76.9 Å². The van der Waals surface area contributed by atoms with E-state index in [9.17, 15) is 5.11 Å². The van der Waals surface area contributed by atoms with Crippen LogP contribution in [0.15, 0.2) is 54.6 Å². The summed E-state index contributed by atoms with van der Waals surface area (Å²) in [6, 6.07) is 18.1. The number of ether oxygens (including phenoxy) is 2.